The standard InChI is InChI=1S/C22H29N3O3/c1-2-25(16-22(26)27)20-8-10-24(11-9-20)15-19-12-21(14-23-13-19)28-17-18-6-4-3-5-7-18/h3-7,12-14,20H,2,8-11,15-17H2,1H3,(H,26,27). The molecule has 2 heterocycles. The molecule has 1 fully saturated rings. The van der Waals surface area contributed by atoms with E-state index in [4.69, 9.17) is 9.84 Å². The highest BCUT2D eigenvalue weighted by Crippen LogP contribution is 2.20. The van der Waals surface area contributed by atoms with Crippen molar-refractivity contribution in [2.45, 2.75) is 39.0 Å². The van der Waals surface area contributed by atoms with E-state index in [0.29, 0.717) is 12.6 Å². The quantitative estimate of drug-likeness (QED) is 0.718. The number of aromatic nitrogens is 1. The summed E-state index contributed by atoms with van der Waals surface area (Å²) in [5.74, 6) is 0.0394. The van der Waals surface area contributed by atoms with Gasteiger partial charge in [0.2, 0.25) is 0 Å². The Kier molecular flexibility index (Phi) is 7.39. The predicted molar refractivity (Wildman–Crippen MR) is 108 cm³/mol. The molecule has 1 aliphatic heterocycles. The molecule has 6 heteroatoms. The second kappa shape index (κ2) is 10.2. The first-order valence-electron chi connectivity index (χ1n) is 9.93. The lowest BCUT2D eigenvalue weighted by molar-refractivity contribution is -0.139. The number of aliphatic carboxylic acids is 1. The Morgan fingerprint density at radius 2 is 1.96 bits per heavy atom. The zero-order valence-electron chi connectivity index (χ0n) is 16.5. The zero-order valence-corrected chi connectivity index (χ0v) is 16.5. The highest BCUT2D eigenvalue weighted by atomic mass is 16.5. The number of rotatable bonds is 9. The van der Waals surface area contributed by atoms with Crippen LogP contribution in [-0.2, 0) is 17.9 Å². The lowest BCUT2D eigenvalue weighted by atomic mass is 10.0. The average Bonchev–Trinajstić information content (AvgIpc) is 2.72. The second-order valence-electron chi connectivity index (χ2n) is 7.27. The summed E-state index contributed by atoms with van der Waals surface area (Å²) in [7, 11) is 0. The molecule has 150 valence electrons. The lowest BCUT2D eigenvalue weighted by Gasteiger charge is -2.37. The summed E-state index contributed by atoms with van der Waals surface area (Å²) in [6.07, 6.45) is 5.64. The van der Waals surface area contributed by atoms with E-state index in [1.807, 2.05) is 43.5 Å². The van der Waals surface area contributed by atoms with E-state index < -0.39 is 5.97 Å². The Morgan fingerprint density at radius 3 is 2.64 bits per heavy atom. The first-order valence-corrected chi connectivity index (χ1v) is 9.93. The molecule has 0 spiro atoms. The summed E-state index contributed by atoms with van der Waals surface area (Å²) in [6.45, 7) is 6.25. The second-order valence-corrected chi connectivity index (χ2v) is 7.27. The Bertz CT molecular complexity index is 746. The number of piperidine rings is 1. The van der Waals surface area contributed by atoms with Crippen molar-refractivity contribution in [2.24, 2.45) is 0 Å². The van der Waals surface area contributed by atoms with Gasteiger partial charge in [-0.3, -0.25) is 19.6 Å². The minimum absolute atomic E-state index is 0.131. The molecule has 0 bridgehead atoms. The summed E-state index contributed by atoms with van der Waals surface area (Å²) in [5.41, 5.74) is 2.28. The molecule has 1 aromatic carbocycles. The van der Waals surface area contributed by atoms with E-state index in [0.717, 1.165) is 55.9 Å². The van der Waals surface area contributed by atoms with Crippen LogP contribution in [0, 0.1) is 0 Å². The highest BCUT2D eigenvalue weighted by Gasteiger charge is 2.25. The van der Waals surface area contributed by atoms with Crippen LogP contribution in [0.1, 0.15) is 30.9 Å². The van der Waals surface area contributed by atoms with Crippen LogP contribution in [0.25, 0.3) is 0 Å². The average molecular weight is 383 g/mol. The number of hydrogen-bond acceptors (Lipinski definition) is 5. The zero-order chi connectivity index (χ0) is 19.8. The number of ether oxygens (including phenoxy) is 1. The van der Waals surface area contributed by atoms with Crippen LogP contribution in [0.5, 0.6) is 5.75 Å². The molecule has 1 saturated heterocycles. The number of nitrogens with zero attached hydrogens (tertiary/aromatic N) is 3. The molecule has 0 atom stereocenters. The van der Waals surface area contributed by atoms with Crippen LogP contribution in [0.3, 0.4) is 0 Å². The van der Waals surface area contributed by atoms with Gasteiger partial charge in [0, 0.05) is 18.8 Å². The number of likely N-dealkylation sites (tertiary alicyclic amines) is 1. The largest absolute Gasteiger partial charge is 0.487 e. The number of likely N-dealkylation sites (N-methyl/N-ethyl adjacent to an activating group) is 1. The van der Waals surface area contributed by atoms with Gasteiger partial charge in [0.25, 0.3) is 0 Å². The van der Waals surface area contributed by atoms with Crippen molar-refractivity contribution in [3.63, 3.8) is 0 Å². The maximum Gasteiger partial charge on any atom is 0.317 e. The molecule has 3 rings (SSSR count). The number of carboxylic acid groups (broad SMARTS) is 1. The van der Waals surface area contributed by atoms with Crippen LogP contribution >= 0.6 is 0 Å². The SMILES string of the molecule is CCN(CC(=O)O)C1CCN(Cc2cncc(OCc3ccccc3)c2)CC1. The van der Waals surface area contributed by atoms with E-state index in [1.54, 1.807) is 6.20 Å². The van der Waals surface area contributed by atoms with E-state index in [2.05, 4.69) is 20.9 Å². The van der Waals surface area contributed by atoms with Crippen LogP contribution in [0.15, 0.2) is 48.8 Å². The molecule has 1 aliphatic rings. The summed E-state index contributed by atoms with van der Waals surface area (Å²) in [6, 6.07) is 12.5. The molecule has 1 N–H and O–H groups in total. The van der Waals surface area contributed by atoms with Crippen LogP contribution in [0.4, 0.5) is 0 Å². The molecule has 0 radical (unpaired) electrons. The van der Waals surface area contributed by atoms with Crippen molar-refractivity contribution in [2.75, 3.05) is 26.2 Å². The van der Waals surface area contributed by atoms with Crippen molar-refractivity contribution in [1.29, 1.82) is 0 Å². The minimum Gasteiger partial charge on any atom is -0.487 e. The molecule has 28 heavy (non-hydrogen) atoms. The maximum atomic E-state index is 11.0. The summed E-state index contributed by atoms with van der Waals surface area (Å²) in [5, 5.41) is 9.06. The first-order chi connectivity index (χ1) is 13.6. The Hall–Kier alpha value is -2.44. The molecule has 0 aliphatic carbocycles. The monoisotopic (exact) mass is 383 g/mol. The summed E-state index contributed by atoms with van der Waals surface area (Å²) >= 11 is 0. The molecule has 0 amide bonds. The lowest BCUT2D eigenvalue weighted by Crippen LogP contribution is -2.46. The fourth-order valence-corrected chi connectivity index (χ4v) is 3.74. The third-order valence-corrected chi connectivity index (χ3v) is 5.24. The topological polar surface area (TPSA) is 65.9 Å². The van der Waals surface area contributed by atoms with Crippen molar-refractivity contribution < 1.29 is 14.6 Å². The summed E-state index contributed by atoms with van der Waals surface area (Å²) < 4.78 is 5.88. The summed E-state index contributed by atoms with van der Waals surface area (Å²) in [4.78, 5) is 19.8. The van der Waals surface area contributed by atoms with Crippen LogP contribution in [0.2, 0.25) is 0 Å². The smallest absolute Gasteiger partial charge is 0.317 e. The third kappa shape index (κ3) is 6.04. The Balaban J connectivity index is 1.49. The van der Waals surface area contributed by atoms with Gasteiger partial charge in [0.15, 0.2) is 0 Å². The van der Waals surface area contributed by atoms with Gasteiger partial charge in [0.1, 0.15) is 12.4 Å². The van der Waals surface area contributed by atoms with Gasteiger partial charge in [-0.2, -0.15) is 0 Å². The number of pyridine rings is 1. The van der Waals surface area contributed by atoms with Crippen LogP contribution in [-0.4, -0.2) is 58.1 Å². The van der Waals surface area contributed by atoms with E-state index in [1.165, 1.54) is 0 Å². The maximum absolute atomic E-state index is 11.0. The molecule has 0 saturated carbocycles. The van der Waals surface area contributed by atoms with Gasteiger partial charge < -0.3 is 9.84 Å². The van der Waals surface area contributed by atoms with Crippen molar-refractivity contribution in [3.05, 3.63) is 59.9 Å². The fraction of sp³-hybridized carbons (Fsp3) is 0.455. The third-order valence-electron chi connectivity index (χ3n) is 5.24. The van der Waals surface area contributed by atoms with Gasteiger partial charge in [-0.25, -0.2) is 0 Å². The number of carbonyl (C=O) groups is 1. The van der Waals surface area contributed by atoms with Crippen molar-refractivity contribution >= 4 is 5.97 Å². The number of benzene rings is 1. The van der Waals surface area contributed by atoms with E-state index >= 15 is 0 Å². The van der Waals surface area contributed by atoms with Crippen LogP contribution < -0.4 is 4.74 Å². The molecule has 2 aromatic rings. The first kappa shape index (κ1) is 20.3. The van der Waals surface area contributed by atoms with Gasteiger partial charge in [-0.1, -0.05) is 37.3 Å². The molecule has 0 unspecified atom stereocenters. The molecular weight excluding hydrogens is 354 g/mol. The molecule has 6 nitrogen and oxygen atoms in total. The minimum atomic E-state index is -0.748. The number of hydrogen-bond donors (Lipinski definition) is 1. The predicted octanol–water partition coefficient (Wildman–Crippen LogP) is 3.03. The van der Waals surface area contributed by atoms with Crippen molar-refractivity contribution in [1.82, 2.24) is 14.8 Å². The molecule has 1 aromatic heterocycles. The number of carboxylic acids is 1. The highest BCUT2D eigenvalue weighted by molar-refractivity contribution is 5.69. The van der Waals surface area contributed by atoms with Gasteiger partial charge in [-0.05, 0) is 49.7 Å². The van der Waals surface area contributed by atoms with Gasteiger partial charge >= 0.3 is 5.97 Å². The van der Waals surface area contributed by atoms with E-state index in [-0.39, 0.29) is 6.54 Å². The molecular formula is C22H29N3O3. The van der Waals surface area contributed by atoms with E-state index in [9.17, 15) is 4.79 Å². The normalized spacial score (nSPS) is 15.6. The van der Waals surface area contributed by atoms with Crippen molar-refractivity contribution in [3.8, 4) is 5.75 Å². The Labute approximate surface area is 166 Å². The van der Waals surface area contributed by atoms with Gasteiger partial charge in [0.05, 0.1) is 12.7 Å². The fourth-order valence-electron chi connectivity index (χ4n) is 3.74. The van der Waals surface area contributed by atoms with Gasteiger partial charge in [-0.15, -0.1) is 0 Å². The Morgan fingerprint density at radius 1 is 1.21 bits per heavy atom.